The molecule has 1 aromatic heterocycles. The van der Waals surface area contributed by atoms with Crippen LogP contribution in [-0.2, 0) is 6.54 Å². The van der Waals surface area contributed by atoms with Crippen molar-refractivity contribution < 1.29 is 0 Å². The summed E-state index contributed by atoms with van der Waals surface area (Å²) in [6, 6.07) is 4.40. The molecule has 0 amide bonds. The highest BCUT2D eigenvalue weighted by atomic mass is 32.1. The SMILES string of the molecule is CCC(C)CNCc1ccc(C)s1. The lowest BCUT2D eigenvalue weighted by Crippen LogP contribution is -2.19. The van der Waals surface area contributed by atoms with Crippen molar-refractivity contribution in [3.05, 3.63) is 21.9 Å². The Balaban J connectivity index is 2.20. The van der Waals surface area contributed by atoms with Crippen LogP contribution in [0.4, 0.5) is 0 Å². The summed E-state index contributed by atoms with van der Waals surface area (Å²) in [5.74, 6) is 0.793. The van der Waals surface area contributed by atoms with Crippen molar-refractivity contribution in [3.63, 3.8) is 0 Å². The van der Waals surface area contributed by atoms with Crippen LogP contribution in [0.25, 0.3) is 0 Å². The van der Waals surface area contributed by atoms with Gasteiger partial charge in [0.1, 0.15) is 0 Å². The van der Waals surface area contributed by atoms with Crippen molar-refractivity contribution in [3.8, 4) is 0 Å². The highest BCUT2D eigenvalue weighted by Gasteiger charge is 1.99. The Hall–Kier alpha value is -0.340. The molecule has 0 bridgehead atoms. The molecule has 0 fully saturated rings. The summed E-state index contributed by atoms with van der Waals surface area (Å²) < 4.78 is 0. The Bertz CT molecular complexity index is 242. The minimum atomic E-state index is 0.793. The van der Waals surface area contributed by atoms with E-state index in [2.05, 4.69) is 38.2 Å². The van der Waals surface area contributed by atoms with Crippen molar-refractivity contribution in [2.24, 2.45) is 5.92 Å². The zero-order valence-electron chi connectivity index (χ0n) is 8.76. The van der Waals surface area contributed by atoms with Crippen molar-refractivity contribution in [1.82, 2.24) is 5.32 Å². The maximum Gasteiger partial charge on any atom is 0.0299 e. The number of thiophene rings is 1. The molecule has 0 spiro atoms. The molecule has 0 radical (unpaired) electrons. The molecule has 1 unspecified atom stereocenters. The molecule has 2 heteroatoms. The molecule has 1 atom stereocenters. The summed E-state index contributed by atoms with van der Waals surface area (Å²) >= 11 is 1.88. The molecule has 0 aliphatic rings. The minimum Gasteiger partial charge on any atom is -0.312 e. The predicted molar refractivity (Wildman–Crippen MR) is 60.2 cm³/mol. The van der Waals surface area contributed by atoms with E-state index >= 15 is 0 Å². The van der Waals surface area contributed by atoms with Crippen molar-refractivity contribution >= 4 is 11.3 Å². The van der Waals surface area contributed by atoms with Crippen LogP contribution in [0.3, 0.4) is 0 Å². The Kier molecular flexibility index (Phi) is 4.46. The molecule has 1 heterocycles. The average molecular weight is 197 g/mol. The monoisotopic (exact) mass is 197 g/mol. The molecule has 74 valence electrons. The molecule has 13 heavy (non-hydrogen) atoms. The predicted octanol–water partition coefficient (Wildman–Crippen LogP) is 3.19. The van der Waals surface area contributed by atoms with Gasteiger partial charge in [-0.2, -0.15) is 0 Å². The maximum atomic E-state index is 3.48. The van der Waals surface area contributed by atoms with Gasteiger partial charge in [0, 0.05) is 16.3 Å². The van der Waals surface area contributed by atoms with Crippen LogP contribution < -0.4 is 5.32 Å². The van der Waals surface area contributed by atoms with E-state index < -0.39 is 0 Å². The Morgan fingerprint density at radius 1 is 1.46 bits per heavy atom. The smallest absolute Gasteiger partial charge is 0.0299 e. The van der Waals surface area contributed by atoms with Gasteiger partial charge >= 0.3 is 0 Å². The highest BCUT2D eigenvalue weighted by molar-refractivity contribution is 7.11. The number of hydrogen-bond donors (Lipinski definition) is 1. The number of rotatable bonds is 5. The Morgan fingerprint density at radius 2 is 2.23 bits per heavy atom. The summed E-state index contributed by atoms with van der Waals surface area (Å²) in [7, 11) is 0. The lowest BCUT2D eigenvalue weighted by molar-refractivity contribution is 0.501. The van der Waals surface area contributed by atoms with E-state index in [-0.39, 0.29) is 0 Å². The molecule has 0 aliphatic heterocycles. The zero-order chi connectivity index (χ0) is 9.68. The van der Waals surface area contributed by atoms with Gasteiger partial charge in [0.15, 0.2) is 0 Å². The van der Waals surface area contributed by atoms with Gasteiger partial charge in [-0.25, -0.2) is 0 Å². The molecule has 0 saturated carbocycles. The van der Waals surface area contributed by atoms with E-state index in [1.807, 2.05) is 11.3 Å². The molecular weight excluding hydrogens is 178 g/mol. The molecule has 1 aromatic rings. The first kappa shape index (κ1) is 10.7. The molecule has 1 N–H and O–H groups in total. The van der Waals surface area contributed by atoms with Crippen LogP contribution in [0.1, 0.15) is 30.0 Å². The van der Waals surface area contributed by atoms with Crippen LogP contribution in [-0.4, -0.2) is 6.54 Å². The lowest BCUT2D eigenvalue weighted by atomic mass is 10.1. The molecule has 1 rings (SSSR count). The highest BCUT2D eigenvalue weighted by Crippen LogP contribution is 2.14. The molecule has 0 saturated heterocycles. The fourth-order valence-corrected chi connectivity index (χ4v) is 2.03. The lowest BCUT2D eigenvalue weighted by Gasteiger charge is -2.08. The van der Waals surface area contributed by atoms with E-state index in [9.17, 15) is 0 Å². The van der Waals surface area contributed by atoms with Gasteiger partial charge in [-0.05, 0) is 31.5 Å². The largest absolute Gasteiger partial charge is 0.312 e. The van der Waals surface area contributed by atoms with Crippen LogP contribution in [0, 0.1) is 12.8 Å². The summed E-state index contributed by atoms with van der Waals surface area (Å²) in [6.45, 7) is 8.84. The molecular formula is C11H19NS. The minimum absolute atomic E-state index is 0.793. The van der Waals surface area contributed by atoms with Gasteiger partial charge < -0.3 is 5.32 Å². The van der Waals surface area contributed by atoms with E-state index in [4.69, 9.17) is 0 Å². The van der Waals surface area contributed by atoms with E-state index in [0.717, 1.165) is 19.0 Å². The second-order valence-electron chi connectivity index (χ2n) is 3.66. The molecule has 0 aromatic carbocycles. The van der Waals surface area contributed by atoms with Gasteiger partial charge in [0.25, 0.3) is 0 Å². The third-order valence-electron chi connectivity index (χ3n) is 2.28. The van der Waals surface area contributed by atoms with Crippen molar-refractivity contribution in [2.75, 3.05) is 6.54 Å². The van der Waals surface area contributed by atoms with Gasteiger partial charge in [-0.1, -0.05) is 20.3 Å². The van der Waals surface area contributed by atoms with Gasteiger partial charge in [0.2, 0.25) is 0 Å². The zero-order valence-corrected chi connectivity index (χ0v) is 9.58. The summed E-state index contributed by atoms with van der Waals surface area (Å²) in [4.78, 5) is 2.85. The fourth-order valence-electron chi connectivity index (χ4n) is 1.17. The Labute approximate surface area is 85.2 Å². The van der Waals surface area contributed by atoms with Crippen LogP contribution in [0.2, 0.25) is 0 Å². The topological polar surface area (TPSA) is 12.0 Å². The first-order chi connectivity index (χ1) is 6.22. The quantitative estimate of drug-likeness (QED) is 0.764. The first-order valence-electron chi connectivity index (χ1n) is 4.98. The third-order valence-corrected chi connectivity index (χ3v) is 3.29. The van der Waals surface area contributed by atoms with Crippen LogP contribution >= 0.6 is 11.3 Å². The summed E-state index contributed by atoms with van der Waals surface area (Å²) in [5, 5.41) is 3.48. The summed E-state index contributed by atoms with van der Waals surface area (Å²) in [5.41, 5.74) is 0. The number of aryl methyl sites for hydroxylation is 1. The summed E-state index contributed by atoms with van der Waals surface area (Å²) in [6.07, 6.45) is 1.26. The normalized spacial score (nSPS) is 13.2. The van der Waals surface area contributed by atoms with Gasteiger partial charge in [-0.3, -0.25) is 0 Å². The van der Waals surface area contributed by atoms with E-state index in [1.165, 1.54) is 16.2 Å². The second kappa shape index (κ2) is 5.40. The second-order valence-corrected chi connectivity index (χ2v) is 5.03. The molecule has 0 aliphatic carbocycles. The number of hydrogen-bond acceptors (Lipinski definition) is 2. The van der Waals surface area contributed by atoms with Crippen molar-refractivity contribution in [2.45, 2.75) is 33.7 Å². The van der Waals surface area contributed by atoms with Crippen molar-refractivity contribution in [1.29, 1.82) is 0 Å². The fraction of sp³-hybridized carbons (Fsp3) is 0.636. The standard InChI is InChI=1S/C11H19NS/c1-4-9(2)7-12-8-11-6-5-10(3)13-11/h5-6,9,12H,4,7-8H2,1-3H3. The maximum absolute atomic E-state index is 3.48. The van der Waals surface area contributed by atoms with E-state index in [1.54, 1.807) is 0 Å². The van der Waals surface area contributed by atoms with Gasteiger partial charge in [0.05, 0.1) is 0 Å². The molecule has 1 nitrogen and oxygen atoms in total. The van der Waals surface area contributed by atoms with E-state index in [0.29, 0.717) is 0 Å². The first-order valence-corrected chi connectivity index (χ1v) is 5.80. The Morgan fingerprint density at radius 3 is 2.77 bits per heavy atom. The van der Waals surface area contributed by atoms with Crippen LogP contribution in [0.15, 0.2) is 12.1 Å². The van der Waals surface area contributed by atoms with Gasteiger partial charge in [-0.15, -0.1) is 11.3 Å². The average Bonchev–Trinajstić information content (AvgIpc) is 2.51. The number of nitrogens with one attached hydrogen (secondary N) is 1. The third kappa shape index (κ3) is 3.92. The van der Waals surface area contributed by atoms with Crippen LogP contribution in [0.5, 0.6) is 0 Å².